The molecular weight excluding hydrogens is 246 g/mol. The number of nitrogens with one attached hydrogen (secondary N) is 2. The molecule has 2 aromatic rings. The molecule has 4 N–H and O–H groups in total. The Kier molecular flexibility index (Phi) is 2.59. The quantitative estimate of drug-likeness (QED) is 0.612. The van der Waals surface area contributed by atoms with Crippen LogP contribution < -0.4 is 11.1 Å². The standard InChI is InChI=1S/C12H13N5O2/c13-7-1-2-9-8(5-7)11(16-15-9)12(19)17-4-3-14-10(18)6-17/h1-2,5H,3-4,6,13H2,(H,14,18)(H,15,16). The number of nitrogen functional groups attached to an aromatic ring is 1. The summed E-state index contributed by atoms with van der Waals surface area (Å²) in [4.78, 5) is 25.2. The van der Waals surface area contributed by atoms with Crippen molar-refractivity contribution >= 4 is 28.4 Å². The van der Waals surface area contributed by atoms with Crippen LogP contribution in [0.2, 0.25) is 0 Å². The van der Waals surface area contributed by atoms with E-state index in [-0.39, 0.29) is 18.4 Å². The van der Waals surface area contributed by atoms with Gasteiger partial charge in [-0.2, -0.15) is 5.10 Å². The molecule has 3 rings (SSSR count). The van der Waals surface area contributed by atoms with Crippen LogP contribution >= 0.6 is 0 Å². The molecular formula is C12H13N5O2. The second-order valence-electron chi connectivity index (χ2n) is 4.45. The number of rotatable bonds is 1. The van der Waals surface area contributed by atoms with Crippen molar-refractivity contribution < 1.29 is 9.59 Å². The van der Waals surface area contributed by atoms with Gasteiger partial charge in [0.2, 0.25) is 5.91 Å². The van der Waals surface area contributed by atoms with E-state index in [0.717, 1.165) is 5.52 Å². The number of nitrogens with zero attached hydrogens (tertiary/aromatic N) is 2. The van der Waals surface area contributed by atoms with Gasteiger partial charge in [-0.25, -0.2) is 0 Å². The molecule has 2 heterocycles. The lowest BCUT2D eigenvalue weighted by atomic mass is 10.1. The van der Waals surface area contributed by atoms with E-state index in [4.69, 9.17) is 5.73 Å². The third-order valence-electron chi connectivity index (χ3n) is 3.12. The highest BCUT2D eigenvalue weighted by Crippen LogP contribution is 2.20. The zero-order valence-electron chi connectivity index (χ0n) is 10.1. The zero-order chi connectivity index (χ0) is 13.4. The monoisotopic (exact) mass is 259 g/mol. The molecule has 1 aromatic heterocycles. The van der Waals surface area contributed by atoms with Crippen molar-refractivity contribution in [3.05, 3.63) is 23.9 Å². The van der Waals surface area contributed by atoms with Crippen molar-refractivity contribution in [2.24, 2.45) is 0 Å². The number of aromatic amines is 1. The Morgan fingerprint density at radius 2 is 2.26 bits per heavy atom. The molecule has 0 aliphatic carbocycles. The first-order valence-corrected chi connectivity index (χ1v) is 5.95. The molecule has 98 valence electrons. The van der Waals surface area contributed by atoms with E-state index in [2.05, 4.69) is 15.5 Å². The largest absolute Gasteiger partial charge is 0.399 e. The molecule has 0 spiro atoms. The first-order valence-electron chi connectivity index (χ1n) is 5.95. The van der Waals surface area contributed by atoms with Crippen LogP contribution in [-0.4, -0.2) is 46.5 Å². The molecule has 0 radical (unpaired) electrons. The van der Waals surface area contributed by atoms with Gasteiger partial charge in [-0.3, -0.25) is 14.7 Å². The topological polar surface area (TPSA) is 104 Å². The Labute approximate surface area is 108 Å². The summed E-state index contributed by atoms with van der Waals surface area (Å²) in [7, 11) is 0. The molecule has 1 aliphatic heterocycles. The van der Waals surface area contributed by atoms with Crippen LogP contribution in [0.1, 0.15) is 10.5 Å². The summed E-state index contributed by atoms with van der Waals surface area (Å²) < 4.78 is 0. The second-order valence-corrected chi connectivity index (χ2v) is 4.45. The average Bonchev–Trinajstić information content (AvgIpc) is 2.80. The van der Waals surface area contributed by atoms with Gasteiger partial charge in [0.25, 0.3) is 5.91 Å². The van der Waals surface area contributed by atoms with Gasteiger partial charge in [0.05, 0.1) is 12.1 Å². The van der Waals surface area contributed by atoms with Gasteiger partial charge in [0.15, 0.2) is 5.69 Å². The fourth-order valence-corrected chi connectivity index (χ4v) is 2.16. The Bertz CT molecular complexity index is 663. The van der Waals surface area contributed by atoms with Gasteiger partial charge in [0, 0.05) is 24.2 Å². The minimum absolute atomic E-state index is 0.0650. The van der Waals surface area contributed by atoms with Gasteiger partial charge in [-0.05, 0) is 18.2 Å². The van der Waals surface area contributed by atoms with E-state index in [1.54, 1.807) is 18.2 Å². The molecule has 1 aromatic carbocycles. The lowest BCUT2D eigenvalue weighted by molar-refractivity contribution is -0.123. The van der Waals surface area contributed by atoms with Crippen LogP contribution in [0.5, 0.6) is 0 Å². The third kappa shape index (κ3) is 1.99. The van der Waals surface area contributed by atoms with Crippen LogP contribution in [-0.2, 0) is 4.79 Å². The lowest BCUT2D eigenvalue weighted by Crippen LogP contribution is -2.50. The van der Waals surface area contributed by atoms with E-state index >= 15 is 0 Å². The maximum Gasteiger partial charge on any atom is 0.275 e. The molecule has 7 nitrogen and oxygen atoms in total. The summed E-state index contributed by atoms with van der Waals surface area (Å²) in [5.74, 6) is -0.411. The number of aromatic nitrogens is 2. The number of anilines is 1. The van der Waals surface area contributed by atoms with Crippen LogP contribution in [0.25, 0.3) is 10.9 Å². The molecule has 0 bridgehead atoms. The van der Waals surface area contributed by atoms with Crippen LogP contribution in [0.3, 0.4) is 0 Å². The minimum atomic E-state index is -0.258. The van der Waals surface area contributed by atoms with E-state index in [1.807, 2.05) is 0 Å². The number of nitrogens with two attached hydrogens (primary N) is 1. The van der Waals surface area contributed by atoms with Crippen molar-refractivity contribution in [2.75, 3.05) is 25.4 Å². The molecule has 1 saturated heterocycles. The number of hydrogen-bond acceptors (Lipinski definition) is 4. The first kappa shape index (κ1) is 11.5. The van der Waals surface area contributed by atoms with Gasteiger partial charge in [-0.15, -0.1) is 0 Å². The lowest BCUT2D eigenvalue weighted by Gasteiger charge is -2.25. The summed E-state index contributed by atoms with van der Waals surface area (Å²) in [5, 5.41) is 10.2. The zero-order valence-corrected chi connectivity index (χ0v) is 10.1. The number of piperazine rings is 1. The van der Waals surface area contributed by atoms with Crippen LogP contribution in [0.15, 0.2) is 18.2 Å². The Morgan fingerprint density at radius 3 is 3.05 bits per heavy atom. The van der Waals surface area contributed by atoms with Crippen LogP contribution in [0.4, 0.5) is 5.69 Å². The van der Waals surface area contributed by atoms with Crippen molar-refractivity contribution in [1.29, 1.82) is 0 Å². The van der Waals surface area contributed by atoms with E-state index in [9.17, 15) is 9.59 Å². The number of benzene rings is 1. The number of H-pyrrole nitrogens is 1. The van der Waals surface area contributed by atoms with Crippen molar-refractivity contribution in [2.45, 2.75) is 0 Å². The second kappa shape index (κ2) is 4.27. The summed E-state index contributed by atoms with van der Waals surface area (Å²) in [6.45, 7) is 1.02. The summed E-state index contributed by atoms with van der Waals surface area (Å²) in [6, 6.07) is 5.22. The molecule has 2 amide bonds. The minimum Gasteiger partial charge on any atom is -0.399 e. The van der Waals surface area contributed by atoms with Gasteiger partial charge in [0.1, 0.15) is 0 Å². The van der Waals surface area contributed by atoms with Gasteiger partial charge < -0.3 is 16.0 Å². The van der Waals surface area contributed by atoms with E-state index in [1.165, 1.54) is 4.90 Å². The molecule has 19 heavy (non-hydrogen) atoms. The number of carbonyl (C=O) groups is 2. The predicted molar refractivity (Wildman–Crippen MR) is 69.4 cm³/mol. The molecule has 0 saturated carbocycles. The van der Waals surface area contributed by atoms with Crippen LogP contribution in [0, 0.1) is 0 Å². The molecule has 1 fully saturated rings. The maximum atomic E-state index is 12.4. The normalized spacial score (nSPS) is 15.6. The molecule has 7 heteroatoms. The molecule has 0 atom stereocenters. The number of hydrogen-bond donors (Lipinski definition) is 3. The number of fused-ring (bicyclic) bond motifs is 1. The summed E-state index contributed by atoms with van der Waals surface area (Å²) >= 11 is 0. The SMILES string of the molecule is Nc1ccc2[nH]nc(C(=O)N3CCNC(=O)C3)c2c1. The first-order chi connectivity index (χ1) is 9.15. The Hall–Kier alpha value is -2.57. The highest BCUT2D eigenvalue weighted by molar-refractivity contribution is 6.06. The highest BCUT2D eigenvalue weighted by Gasteiger charge is 2.25. The summed E-state index contributed by atoms with van der Waals surface area (Å²) in [6.07, 6.45) is 0. The van der Waals surface area contributed by atoms with Gasteiger partial charge in [-0.1, -0.05) is 0 Å². The van der Waals surface area contributed by atoms with E-state index < -0.39 is 0 Å². The van der Waals surface area contributed by atoms with Crippen molar-refractivity contribution in [1.82, 2.24) is 20.4 Å². The summed E-state index contributed by atoms with van der Waals surface area (Å²) in [5.41, 5.74) is 7.34. The fourth-order valence-electron chi connectivity index (χ4n) is 2.16. The van der Waals surface area contributed by atoms with E-state index in [0.29, 0.717) is 29.9 Å². The maximum absolute atomic E-state index is 12.4. The molecule has 0 unspecified atom stereocenters. The fraction of sp³-hybridized carbons (Fsp3) is 0.250. The number of amides is 2. The predicted octanol–water partition coefficient (Wildman–Crippen LogP) is -0.283. The van der Waals surface area contributed by atoms with Crippen molar-refractivity contribution in [3.8, 4) is 0 Å². The molecule has 1 aliphatic rings. The Balaban J connectivity index is 1.97. The van der Waals surface area contributed by atoms with Crippen molar-refractivity contribution in [3.63, 3.8) is 0 Å². The average molecular weight is 259 g/mol. The highest BCUT2D eigenvalue weighted by atomic mass is 16.2. The van der Waals surface area contributed by atoms with Gasteiger partial charge >= 0.3 is 0 Å². The Morgan fingerprint density at radius 1 is 1.42 bits per heavy atom. The number of carbonyl (C=O) groups excluding carboxylic acids is 2. The smallest absolute Gasteiger partial charge is 0.275 e. The third-order valence-corrected chi connectivity index (χ3v) is 3.12.